The van der Waals surface area contributed by atoms with Gasteiger partial charge in [0.15, 0.2) is 11.3 Å². The van der Waals surface area contributed by atoms with Crippen LogP contribution in [0, 0.1) is 13.8 Å². The molecule has 2 saturated heterocycles. The number of carboxylic acids is 10. The topological polar surface area (TPSA) is 627 Å². The second-order valence-corrected chi connectivity index (χ2v) is 20.3. The van der Waals surface area contributed by atoms with Crippen LogP contribution in [0.2, 0.25) is 0 Å². The van der Waals surface area contributed by atoms with Crippen LogP contribution in [-0.2, 0) is 61.0 Å². The van der Waals surface area contributed by atoms with Gasteiger partial charge in [-0.2, -0.15) is 0 Å². The Morgan fingerprint density at radius 1 is 0.459 bits per heavy atom. The summed E-state index contributed by atoms with van der Waals surface area (Å²) < 4.78 is 15.8. The molecule has 0 aromatic carbocycles. The molecule has 12 heterocycles. The van der Waals surface area contributed by atoms with E-state index in [2.05, 4.69) is 80.1 Å². The normalized spacial score (nSPS) is 13.7. The number of aryl methyl sites for hydroxylation is 2. The van der Waals surface area contributed by atoms with Gasteiger partial charge in [0.1, 0.15) is 34.1 Å². The fourth-order valence-corrected chi connectivity index (χ4v) is 9.11. The quantitative estimate of drug-likeness (QED) is 0.0489. The predicted molar refractivity (Wildman–Crippen MR) is 312 cm³/mol. The summed E-state index contributed by atoms with van der Waals surface area (Å²) in [6.07, 6.45) is 12.8. The monoisotopic (exact) mass is 1350 g/mol. The summed E-state index contributed by atoms with van der Waals surface area (Å²) in [5.41, 5.74) is 7.21. The largest absolute Gasteiger partial charge is 0.543 e. The van der Waals surface area contributed by atoms with E-state index in [-0.39, 0.29) is 0 Å². The van der Waals surface area contributed by atoms with Gasteiger partial charge >= 0.3 is 0 Å². The van der Waals surface area contributed by atoms with E-state index < -0.39 is 59.7 Å². The number of likely N-dealkylation sites (tertiary alicyclic amines) is 2. The maximum Gasteiger partial charge on any atom is 0.205 e. The fraction of sp³-hybridized carbons (Fsp3) is 0.276. The van der Waals surface area contributed by atoms with Crippen molar-refractivity contribution in [3.05, 3.63) is 121 Å². The lowest BCUT2D eigenvalue weighted by atomic mass is 10.3. The zero-order valence-corrected chi connectivity index (χ0v) is 51.2. The summed E-state index contributed by atoms with van der Waals surface area (Å²) in [4.78, 5) is 137. The van der Waals surface area contributed by atoms with Gasteiger partial charge in [-0.25, -0.2) is 29.9 Å². The number of fused-ring (bicyclic) bond motifs is 4. The summed E-state index contributed by atoms with van der Waals surface area (Å²) in [7, 11) is 0. The highest BCUT2D eigenvalue weighted by molar-refractivity contribution is 6.26. The number of carbonyl (C=O) groups excluding carboxylic acids is 10. The van der Waals surface area contributed by atoms with Crippen molar-refractivity contribution in [2.24, 2.45) is 0 Å². The molecule has 2 atom stereocenters. The number of nitrogens with zero attached hydrogens (tertiary/aromatic N) is 12. The van der Waals surface area contributed by atoms with E-state index in [4.69, 9.17) is 118 Å². The van der Waals surface area contributed by atoms with E-state index in [1.165, 1.54) is 0 Å². The van der Waals surface area contributed by atoms with Crippen LogP contribution >= 0.6 is 0 Å². The maximum atomic E-state index is 8.93. The number of H-pyrrole nitrogens is 2. The van der Waals surface area contributed by atoms with Crippen LogP contribution in [0.15, 0.2) is 107 Å². The summed E-state index contributed by atoms with van der Waals surface area (Å²) >= 11 is 0. The van der Waals surface area contributed by atoms with Crippen molar-refractivity contribution in [1.82, 2.24) is 68.8 Å². The number of nitrogens with one attached hydrogen (secondary N) is 6. The third-order valence-electron chi connectivity index (χ3n) is 13.3. The highest BCUT2D eigenvalue weighted by Gasteiger charge is 2.26. The first-order chi connectivity index (χ1) is 46.6. The molecule has 2 unspecified atom stereocenters. The summed E-state index contributed by atoms with van der Waals surface area (Å²) in [5.74, 6) is -15.0. The Labute approximate surface area is 549 Å². The van der Waals surface area contributed by atoms with Gasteiger partial charge in [0.25, 0.3) is 0 Å². The number of anilines is 4. The van der Waals surface area contributed by atoms with Crippen LogP contribution in [0.25, 0.3) is 44.4 Å². The van der Waals surface area contributed by atoms with Crippen molar-refractivity contribution in [1.29, 1.82) is 0 Å². The Morgan fingerprint density at radius 3 is 1.11 bits per heavy atom. The minimum absolute atomic E-state index is 0.325. The van der Waals surface area contributed by atoms with Gasteiger partial charge in [-0.15, -0.1) is 0 Å². The zero-order chi connectivity index (χ0) is 71.6. The molecule has 0 amide bonds. The van der Waals surface area contributed by atoms with Crippen molar-refractivity contribution < 1.29 is 108 Å². The third-order valence-corrected chi connectivity index (χ3v) is 13.3. The van der Waals surface area contributed by atoms with Gasteiger partial charge in [-0.05, 0) is 87.4 Å². The molecule has 0 bridgehead atoms. The first kappa shape index (κ1) is 73.9. The number of rotatable bonds is 16. The molecule has 10 aromatic rings. The molecular weight excluding hydrogens is 1300 g/mol. The summed E-state index contributed by atoms with van der Waals surface area (Å²) in [6.45, 7) is 12.6. The number of hydrogen-bond acceptors (Lipinski definition) is 36. The van der Waals surface area contributed by atoms with Gasteiger partial charge in [0, 0.05) is 89.2 Å². The van der Waals surface area contributed by atoms with Crippen molar-refractivity contribution in [2.45, 2.75) is 51.9 Å². The van der Waals surface area contributed by atoms with Crippen LogP contribution in [0.1, 0.15) is 35.9 Å². The number of aromatic amines is 2. The smallest absolute Gasteiger partial charge is 0.205 e. The highest BCUT2D eigenvalue weighted by atomic mass is 16.5. The van der Waals surface area contributed by atoms with E-state index >= 15 is 0 Å². The van der Waals surface area contributed by atoms with Crippen LogP contribution in [-0.4, -0.2) is 193 Å². The molecule has 6 N–H and O–H groups in total. The van der Waals surface area contributed by atoms with Crippen molar-refractivity contribution >= 4 is 128 Å². The average molecular weight is 1360 g/mol. The molecule has 2 aliphatic heterocycles. The molecule has 10 aromatic heterocycles. The number of carboxylic acid groups (broad SMARTS) is 10. The fourth-order valence-electron chi connectivity index (χ4n) is 9.11. The SMILES string of the molecule is Cc1ccc(Cn2c(NC3CCN(CCNc4nc5ccncc5[nH]4)C3)nc3cccnc32)o1.Cc1ccc(Cn2c(NC3CCN(CCNc4nc5ccncc5[nH]4)C3)nc3cccnc32)o1.O=C([O-])C(=O)[O-].O=C([O-])C(=O)[O-].O=C([O-])C(=O)[O-].O=C([O-])C(=O)[O-].O=C([O-])C(=O)[O-]. The van der Waals surface area contributed by atoms with Crippen LogP contribution in [0.5, 0.6) is 0 Å². The van der Waals surface area contributed by atoms with Gasteiger partial charge in [-0.1, -0.05) is 0 Å². The zero-order valence-electron chi connectivity index (χ0n) is 51.2. The number of aromatic nitrogens is 12. The predicted octanol–water partition coefficient (Wildman–Crippen LogP) is -11.1. The molecule has 12 rings (SSSR count). The van der Waals surface area contributed by atoms with Gasteiger partial charge in [0.2, 0.25) is 23.8 Å². The van der Waals surface area contributed by atoms with E-state index in [1.807, 2.05) is 74.5 Å². The van der Waals surface area contributed by atoms with Gasteiger partial charge < -0.3 is 139 Å². The Bertz CT molecular complexity index is 3940. The maximum absolute atomic E-state index is 8.93. The first-order valence-corrected chi connectivity index (χ1v) is 28.5. The van der Waals surface area contributed by atoms with Gasteiger partial charge in [-0.3, -0.25) is 28.9 Å². The average Bonchev–Trinajstić information content (AvgIpc) is 1.66. The molecule has 518 valence electrons. The van der Waals surface area contributed by atoms with Crippen molar-refractivity contribution in [3.63, 3.8) is 0 Å². The number of hydrogen-bond donors (Lipinski definition) is 6. The van der Waals surface area contributed by atoms with E-state index in [1.54, 1.807) is 37.2 Å². The van der Waals surface area contributed by atoms with Crippen LogP contribution in [0.4, 0.5) is 23.8 Å². The van der Waals surface area contributed by atoms with E-state index in [0.717, 1.165) is 156 Å². The Kier molecular flexibility index (Phi) is 27.0. The minimum Gasteiger partial charge on any atom is -0.543 e. The lowest BCUT2D eigenvalue weighted by Gasteiger charge is -2.17. The van der Waals surface area contributed by atoms with Gasteiger partial charge in [0.05, 0.1) is 107 Å². The molecule has 0 spiro atoms. The molecule has 40 heteroatoms. The molecule has 2 fully saturated rings. The summed E-state index contributed by atoms with van der Waals surface area (Å²) in [6, 6.07) is 20.3. The number of aliphatic carboxylic acids is 10. The molecule has 98 heavy (non-hydrogen) atoms. The number of furan rings is 2. The second-order valence-electron chi connectivity index (χ2n) is 20.3. The van der Waals surface area contributed by atoms with E-state index in [9.17, 15) is 0 Å². The molecular formula is C58H54N18O22-10. The standard InChI is InChI=1S/2C24H27N9O.5C2H2O4/c2*1-16-4-5-18(34-16)15-33-22-20(3-2-8-26-22)31-24(33)28-17-7-11-32(14-17)12-10-27-23-29-19-6-9-25-13-21(19)30-23;5*3-1(4)2(5)6/h2*2-6,8-9,13,17H,7,10-12,14-15H2,1H3,(H,28,31)(H2,27,29,30);5*(H,3,4)(H,5,6)/p-10. The molecule has 40 nitrogen and oxygen atoms in total. The van der Waals surface area contributed by atoms with E-state index in [0.29, 0.717) is 25.2 Å². The number of imidazole rings is 4. The highest BCUT2D eigenvalue weighted by Crippen LogP contribution is 2.25. The molecule has 0 aliphatic carbocycles. The third kappa shape index (κ3) is 23.2. The Balaban J connectivity index is 0.000000219. The first-order valence-electron chi connectivity index (χ1n) is 28.5. The Hall–Kier alpha value is -13.1. The molecule has 0 radical (unpaired) electrons. The lowest BCUT2D eigenvalue weighted by molar-refractivity contribution is -0.345. The van der Waals surface area contributed by atoms with Crippen LogP contribution < -0.4 is 72.3 Å². The Morgan fingerprint density at radius 2 is 0.806 bits per heavy atom. The number of pyridine rings is 4. The molecule has 0 saturated carbocycles. The van der Waals surface area contributed by atoms with Crippen molar-refractivity contribution in [2.75, 3.05) is 73.6 Å². The summed E-state index contributed by atoms with van der Waals surface area (Å²) in [5, 5.41) is 103. The second kappa shape index (κ2) is 35.8. The minimum atomic E-state index is -2.19. The lowest BCUT2D eigenvalue weighted by Crippen LogP contribution is -2.42. The number of carbonyl (C=O) groups is 10. The van der Waals surface area contributed by atoms with Crippen LogP contribution in [0.3, 0.4) is 0 Å². The molecule has 2 aliphatic rings. The van der Waals surface area contributed by atoms with Crippen molar-refractivity contribution in [3.8, 4) is 0 Å².